The summed E-state index contributed by atoms with van der Waals surface area (Å²) in [6.07, 6.45) is 0. The summed E-state index contributed by atoms with van der Waals surface area (Å²) in [5.41, 5.74) is 0.612. The fourth-order valence-electron chi connectivity index (χ4n) is 2.07. The molecule has 2 N–H and O–H groups in total. The standard InChI is InChI=1S/C17H17ClI2NO3S/c1-9(21-2)16(23)20-17(24)14(15(22)13-4-3-7-25-13)11-8-10(18)5-6-12(11)19/h3-9,14,16,21,23H,1-2H3/q-1/t9-,14?,16?/m1/s1. The SMILES string of the molecule is CN[C@H](C)C(O)[I-]C(=O)C(C(=O)c1cccs1)c1cc(Cl)ccc1I. The molecule has 3 atom stereocenters. The number of thiophene rings is 1. The Morgan fingerprint density at radius 1 is 1.36 bits per heavy atom. The predicted octanol–water partition coefficient (Wildman–Crippen LogP) is 0.515. The van der Waals surface area contributed by atoms with Crippen LogP contribution in [0.25, 0.3) is 0 Å². The van der Waals surface area contributed by atoms with Crippen molar-refractivity contribution in [2.24, 2.45) is 0 Å². The van der Waals surface area contributed by atoms with E-state index in [9.17, 15) is 14.7 Å². The summed E-state index contributed by atoms with van der Waals surface area (Å²) >= 11 is 8.27. The zero-order valence-corrected chi connectivity index (χ0v) is 19.4. The molecular weight excluding hydrogens is 588 g/mol. The molecule has 1 heterocycles. The molecule has 0 amide bonds. The van der Waals surface area contributed by atoms with E-state index in [2.05, 4.69) is 27.9 Å². The second-order valence-corrected chi connectivity index (χ2v) is 10.8. The van der Waals surface area contributed by atoms with Crippen LogP contribution in [0.15, 0.2) is 35.7 Å². The Morgan fingerprint density at radius 3 is 2.68 bits per heavy atom. The van der Waals surface area contributed by atoms with Gasteiger partial charge in [-0.15, -0.1) is 0 Å². The number of nitrogens with one attached hydrogen (secondary N) is 1. The first-order valence-corrected chi connectivity index (χ1v) is 12.1. The van der Waals surface area contributed by atoms with Crippen molar-refractivity contribution in [2.45, 2.75) is 23.0 Å². The number of ketones is 1. The molecule has 0 aliphatic rings. The molecule has 0 saturated heterocycles. The first-order valence-electron chi connectivity index (χ1n) is 7.40. The van der Waals surface area contributed by atoms with E-state index in [1.165, 1.54) is 11.3 Å². The summed E-state index contributed by atoms with van der Waals surface area (Å²) < 4.78 is -0.149. The van der Waals surface area contributed by atoms with Gasteiger partial charge >= 0.3 is 181 Å². The van der Waals surface area contributed by atoms with Crippen molar-refractivity contribution in [3.63, 3.8) is 0 Å². The summed E-state index contributed by atoms with van der Waals surface area (Å²) in [5.74, 6) is -1.15. The van der Waals surface area contributed by atoms with Crippen molar-refractivity contribution < 1.29 is 35.9 Å². The van der Waals surface area contributed by atoms with Crippen molar-refractivity contribution in [3.05, 3.63) is 54.7 Å². The molecule has 0 aliphatic carbocycles. The Balaban J connectivity index is 2.40. The van der Waals surface area contributed by atoms with Gasteiger partial charge in [0.05, 0.1) is 0 Å². The Labute approximate surface area is 179 Å². The molecule has 0 spiro atoms. The van der Waals surface area contributed by atoms with E-state index in [0.29, 0.717) is 15.5 Å². The molecule has 4 nitrogen and oxygen atoms in total. The quantitative estimate of drug-likeness (QED) is 0.152. The molecule has 0 aliphatic heterocycles. The van der Waals surface area contributed by atoms with Gasteiger partial charge < -0.3 is 0 Å². The third-order valence-electron chi connectivity index (χ3n) is 3.61. The van der Waals surface area contributed by atoms with Crippen molar-refractivity contribution in [1.82, 2.24) is 5.32 Å². The molecule has 0 saturated carbocycles. The van der Waals surface area contributed by atoms with Crippen LogP contribution in [-0.2, 0) is 4.79 Å². The van der Waals surface area contributed by atoms with Gasteiger partial charge in [0.15, 0.2) is 0 Å². The van der Waals surface area contributed by atoms with Crippen molar-refractivity contribution in [3.8, 4) is 0 Å². The van der Waals surface area contributed by atoms with Gasteiger partial charge in [-0.25, -0.2) is 0 Å². The number of hydrogen-bond acceptors (Lipinski definition) is 5. The molecule has 0 radical (unpaired) electrons. The van der Waals surface area contributed by atoms with Crippen LogP contribution in [0.2, 0.25) is 5.02 Å². The number of hydrogen-bond donors (Lipinski definition) is 2. The molecule has 0 fully saturated rings. The van der Waals surface area contributed by atoms with Crippen LogP contribution in [0.1, 0.15) is 28.1 Å². The summed E-state index contributed by atoms with van der Waals surface area (Å²) in [5, 5.41) is 15.5. The summed E-state index contributed by atoms with van der Waals surface area (Å²) in [6.45, 7) is 1.82. The topological polar surface area (TPSA) is 66.4 Å². The summed E-state index contributed by atoms with van der Waals surface area (Å²) in [6, 6.07) is 8.51. The number of halogens is 3. The Bertz CT molecular complexity index is 754. The Morgan fingerprint density at radius 2 is 2.08 bits per heavy atom. The minimum absolute atomic E-state index is 0.201. The summed E-state index contributed by atoms with van der Waals surface area (Å²) in [4.78, 5) is 26.5. The maximum absolute atomic E-state index is 13.0. The number of carbonyl (C=O) groups is 2. The molecule has 2 unspecified atom stereocenters. The molecule has 0 bridgehead atoms. The first-order chi connectivity index (χ1) is 11.8. The minimum atomic E-state index is -1.26. The number of rotatable bonds is 8. The van der Waals surface area contributed by atoms with Gasteiger partial charge in [0, 0.05) is 0 Å². The molecule has 8 heteroatoms. The van der Waals surface area contributed by atoms with Crippen LogP contribution < -0.4 is 26.5 Å². The molecule has 2 rings (SSSR count). The second-order valence-electron chi connectivity index (χ2n) is 5.30. The molecule has 25 heavy (non-hydrogen) atoms. The van der Waals surface area contributed by atoms with Gasteiger partial charge in [0.1, 0.15) is 0 Å². The van der Waals surface area contributed by atoms with Gasteiger partial charge in [0.2, 0.25) is 0 Å². The maximum atomic E-state index is 13.0. The van der Waals surface area contributed by atoms with Crippen molar-refractivity contribution in [1.29, 1.82) is 0 Å². The molecule has 136 valence electrons. The number of Topliss-reactive ketones (excluding diaryl/α,β-unsaturated/α-hetero) is 1. The van der Waals surface area contributed by atoms with E-state index in [-0.39, 0.29) is 15.6 Å². The van der Waals surface area contributed by atoms with Crippen LogP contribution in [0, 0.1) is 3.57 Å². The number of aliphatic hydroxyl groups excluding tert-OH is 1. The Hall–Kier alpha value is -0.0700. The van der Waals surface area contributed by atoms with Crippen LogP contribution in [0.5, 0.6) is 0 Å². The summed E-state index contributed by atoms with van der Waals surface area (Å²) in [7, 11) is 1.73. The molecule has 1 aromatic carbocycles. The number of alkyl halides is 1. The number of benzene rings is 1. The fourth-order valence-corrected chi connectivity index (χ4v) is 6.10. The van der Waals surface area contributed by atoms with Crippen molar-refractivity contribution >= 4 is 55.1 Å². The van der Waals surface area contributed by atoms with Gasteiger partial charge in [-0.05, 0) is 0 Å². The predicted molar refractivity (Wildman–Crippen MR) is 105 cm³/mol. The number of aliphatic hydroxyl groups is 1. The van der Waals surface area contributed by atoms with E-state index >= 15 is 0 Å². The van der Waals surface area contributed by atoms with Gasteiger partial charge in [-0.1, -0.05) is 0 Å². The van der Waals surface area contributed by atoms with Crippen LogP contribution in [-0.4, -0.2) is 31.9 Å². The average Bonchev–Trinajstić information content (AvgIpc) is 3.11. The molecule has 1 aromatic heterocycles. The van der Waals surface area contributed by atoms with E-state index in [0.717, 1.165) is 3.57 Å². The first kappa shape index (κ1) is 21.2. The van der Waals surface area contributed by atoms with Gasteiger partial charge in [-0.3, -0.25) is 0 Å². The third-order valence-corrected chi connectivity index (χ3v) is 8.66. The second kappa shape index (κ2) is 9.75. The van der Waals surface area contributed by atoms with Gasteiger partial charge in [0.25, 0.3) is 0 Å². The zero-order chi connectivity index (χ0) is 18.6. The number of likely N-dealkylation sites (N-methyl/N-ethyl adjacent to an activating group) is 1. The zero-order valence-electron chi connectivity index (χ0n) is 13.5. The number of carbonyl (C=O) groups excluding carboxylic acids is 2. The van der Waals surface area contributed by atoms with Gasteiger partial charge in [-0.2, -0.15) is 0 Å². The average molecular weight is 605 g/mol. The molecular formula is C17H17ClI2NO3S-. The third kappa shape index (κ3) is 5.46. The van der Waals surface area contributed by atoms with Crippen molar-refractivity contribution in [2.75, 3.05) is 7.05 Å². The molecule has 2 aromatic rings. The van der Waals surface area contributed by atoms with Crippen LogP contribution in [0.4, 0.5) is 0 Å². The van der Waals surface area contributed by atoms with E-state index < -0.39 is 31.2 Å². The normalized spacial score (nSPS) is 14.9. The van der Waals surface area contributed by atoms with E-state index in [4.69, 9.17) is 11.6 Å². The van der Waals surface area contributed by atoms with E-state index in [1.807, 2.05) is 12.3 Å². The van der Waals surface area contributed by atoms with Crippen LogP contribution >= 0.6 is 45.5 Å². The fraction of sp³-hybridized carbons (Fsp3) is 0.294. The van der Waals surface area contributed by atoms with E-state index in [1.54, 1.807) is 37.4 Å². The monoisotopic (exact) mass is 604 g/mol. The van der Waals surface area contributed by atoms with Crippen LogP contribution in [0.3, 0.4) is 0 Å². The Kier molecular flexibility index (Phi) is 8.28.